The Hall–Kier alpha value is -1.52. The van der Waals surface area contributed by atoms with Gasteiger partial charge in [-0.05, 0) is 49.4 Å². The number of hydrogen-bond donors (Lipinski definition) is 1. The van der Waals surface area contributed by atoms with Crippen LogP contribution in [0.1, 0.15) is 22.7 Å². The predicted molar refractivity (Wildman–Crippen MR) is 73.4 cm³/mol. The van der Waals surface area contributed by atoms with E-state index in [0.717, 1.165) is 12.1 Å². The maximum Gasteiger partial charge on any atom is 0.142 e. The molecule has 0 aliphatic heterocycles. The molecule has 0 bridgehead atoms. The first-order valence-electron chi connectivity index (χ1n) is 6.01. The fraction of sp³-hybridized carbons (Fsp3) is 0.200. The Morgan fingerprint density at radius 1 is 1.00 bits per heavy atom. The van der Waals surface area contributed by atoms with Gasteiger partial charge in [0.15, 0.2) is 0 Å². The number of rotatable bonds is 3. The summed E-state index contributed by atoms with van der Waals surface area (Å²) in [5.41, 5.74) is 1.46. The van der Waals surface area contributed by atoms with E-state index in [2.05, 4.69) is 5.32 Å². The highest BCUT2D eigenvalue weighted by atomic mass is 35.5. The van der Waals surface area contributed by atoms with Crippen LogP contribution in [-0.2, 0) is 0 Å². The van der Waals surface area contributed by atoms with E-state index in [1.807, 2.05) is 0 Å². The van der Waals surface area contributed by atoms with Crippen molar-refractivity contribution in [3.05, 3.63) is 69.5 Å². The molecule has 1 atom stereocenters. The van der Waals surface area contributed by atoms with Crippen LogP contribution in [0, 0.1) is 24.4 Å². The maximum absolute atomic E-state index is 14.0. The van der Waals surface area contributed by atoms with E-state index in [-0.39, 0.29) is 16.4 Å². The Morgan fingerprint density at radius 2 is 1.70 bits per heavy atom. The third-order valence-electron chi connectivity index (χ3n) is 3.18. The molecule has 0 saturated heterocycles. The van der Waals surface area contributed by atoms with E-state index in [1.165, 1.54) is 12.1 Å². The second-order valence-corrected chi connectivity index (χ2v) is 4.92. The molecule has 0 amide bonds. The number of benzene rings is 2. The van der Waals surface area contributed by atoms with Crippen molar-refractivity contribution in [2.24, 2.45) is 0 Å². The summed E-state index contributed by atoms with van der Waals surface area (Å²) >= 11 is 5.55. The Bertz CT molecular complexity index is 643. The molecule has 0 radical (unpaired) electrons. The summed E-state index contributed by atoms with van der Waals surface area (Å²) in [4.78, 5) is 0. The van der Waals surface area contributed by atoms with E-state index in [0.29, 0.717) is 11.1 Å². The molecular formula is C15H13ClF3N. The average molecular weight is 300 g/mol. The second-order valence-electron chi connectivity index (χ2n) is 4.51. The van der Waals surface area contributed by atoms with E-state index >= 15 is 0 Å². The molecule has 0 aromatic heterocycles. The van der Waals surface area contributed by atoms with Crippen molar-refractivity contribution in [3.8, 4) is 0 Å². The molecule has 0 fully saturated rings. The summed E-state index contributed by atoms with van der Waals surface area (Å²) in [6.45, 7) is 1.72. The lowest BCUT2D eigenvalue weighted by Crippen LogP contribution is -2.20. The van der Waals surface area contributed by atoms with Crippen LogP contribution in [0.15, 0.2) is 30.3 Å². The highest BCUT2D eigenvalue weighted by Crippen LogP contribution is 2.30. The van der Waals surface area contributed by atoms with Crippen LogP contribution in [0.3, 0.4) is 0 Å². The molecule has 2 aromatic rings. The Morgan fingerprint density at radius 3 is 2.30 bits per heavy atom. The summed E-state index contributed by atoms with van der Waals surface area (Å²) in [7, 11) is 1.62. The molecule has 5 heteroatoms. The molecular weight excluding hydrogens is 287 g/mol. The van der Waals surface area contributed by atoms with Crippen molar-refractivity contribution in [1.29, 1.82) is 0 Å². The van der Waals surface area contributed by atoms with E-state index < -0.39 is 17.7 Å². The van der Waals surface area contributed by atoms with Gasteiger partial charge >= 0.3 is 0 Å². The number of nitrogens with one attached hydrogen (secondary N) is 1. The molecule has 106 valence electrons. The highest BCUT2D eigenvalue weighted by Gasteiger charge is 2.20. The quantitative estimate of drug-likeness (QED) is 0.830. The van der Waals surface area contributed by atoms with E-state index in [4.69, 9.17) is 11.6 Å². The first-order chi connectivity index (χ1) is 9.43. The van der Waals surface area contributed by atoms with Gasteiger partial charge < -0.3 is 5.32 Å². The molecule has 1 unspecified atom stereocenters. The van der Waals surface area contributed by atoms with Crippen LogP contribution in [0.2, 0.25) is 5.02 Å². The molecule has 0 spiro atoms. The van der Waals surface area contributed by atoms with Gasteiger partial charge in [-0.25, -0.2) is 13.2 Å². The van der Waals surface area contributed by atoms with Gasteiger partial charge in [0.1, 0.15) is 17.5 Å². The molecule has 0 saturated carbocycles. The summed E-state index contributed by atoms with van der Waals surface area (Å²) in [5, 5.41) is 2.64. The number of hydrogen-bond acceptors (Lipinski definition) is 1. The lowest BCUT2D eigenvalue weighted by molar-refractivity contribution is 0.556. The lowest BCUT2D eigenvalue weighted by Gasteiger charge is -2.20. The number of aryl methyl sites for hydroxylation is 1. The Kier molecular flexibility index (Phi) is 4.35. The topological polar surface area (TPSA) is 12.0 Å². The minimum Gasteiger partial charge on any atom is -0.309 e. The zero-order chi connectivity index (χ0) is 14.9. The highest BCUT2D eigenvalue weighted by molar-refractivity contribution is 6.30. The van der Waals surface area contributed by atoms with Crippen LogP contribution >= 0.6 is 11.6 Å². The van der Waals surface area contributed by atoms with E-state index in [1.54, 1.807) is 20.0 Å². The van der Waals surface area contributed by atoms with Crippen molar-refractivity contribution in [2.75, 3.05) is 7.05 Å². The van der Waals surface area contributed by atoms with Crippen LogP contribution < -0.4 is 5.32 Å². The van der Waals surface area contributed by atoms with Crippen molar-refractivity contribution in [2.45, 2.75) is 13.0 Å². The minimum absolute atomic E-state index is 0.129. The normalized spacial score (nSPS) is 12.5. The SMILES string of the molecule is CNC(c1ccc(F)cc1C)c1cc(F)c(Cl)cc1F. The average Bonchev–Trinajstić information content (AvgIpc) is 2.38. The predicted octanol–water partition coefficient (Wildman–Crippen LogP) is 4.37. The molecule has 20 heavy (non-hydrogen) atoms. The van der Waals surface area contributed by atoms with Crippen molar-refractivity contribution in [1.82, 2.24) is 5.32 Å². The largest absolute Gasteiger partial charge is 0.309 e. The molecule has 2 rings (SSSR count). The first kappa shape index (κ1) is 14.9. The monoisotopic (exact) mass is 299 g/mol. The third-order valence-corrected chi connectivity index (χ3v) is 3.47. The maximum atomic E-state index is 14.0. The zero-order valence-electron chi connectivity index (χ0n) is 11.0. The zero-order valence-corrected chi connectivity index (χ0v) is 11.7. The van der Waals surface area contributed by atoms with Crippen LogP contribution in [-0.4, -0.2) is 7.05 Å². The molecule has 2 aromatic carbocycles. The second kappa shape index (κ2) is 5.85. The van der Waals surface area contributed by atoms with Gasteiger partial charge in [-0.1, -0.05) is 17.7 Å². The van der Waals surface area contributed by atoms with Gasteiger partial charge in [-0.15, -0.1) is 0 Å². The van der Waals surface area contributed by atoms with Gasteiger partial charge in [-0.2, -0.15) is 0 Å². The third kappa shape index (κ3) is 2.81. The summed E-state index contributed by atoms with van der Waals surface area (Å²) in [5.74, 6) is -1.67. The Balaban J connectivity index is 2.55. The lowest BCUT2D eigenvalue weighted by atomic mass is 9.94. The summed E-state index contributed by atoms with van der Waals surface area (Å²) in [6.07, 6.45) is 0. The summed E-state index contributed by atoms with van der Waals surface area (Å²) < 4.78 is 40.7. The standard InChI is InChI=1S/C15H13ClF3N/c1-8-5-9(17)3-4-10(8)15(20-2)11-6-14(19)12(16)7-13(11)18/h3-7,15,20H,1-2H3. The van der Waals surface area contributed by atoms with Crippen LogP contribution in [0.5, 0.6) is 0 Å². The van der Waals surface area contributed by atoms with Crippen molar-refractivity contribution in [3.63, 3.8) is 0 Å². The van der Waals surface area contributed by atoms with Gasteiger partial charge in [0.05, 0.1) is 11.1 Å². The van der Waals surface area contributed by atoms with Crippen LogP contribution in [0.4, 0.5) is 13.2 Å². The molecule has 0 heterocycles. The van der Waals surface area contributed by atoms with Crippen molar-refractivity contribution >= 4 is 11.6 Å². The molecule has 1 N–H and O–H groups in total. The van der Waals surface area contributed by atoms with E-state index in [9.17, 15) is 13.2 Å². The van der Waals surface area contributed by atoms with Gasteiger partial charge in [0, 0.05) is 5.56 Å². The molecule has 0 aliphatic carbocycles. The van der Waals surface area contributed by atoms with Gasteiger partial charge in [0.2, 0.25) is 0 Å². The first-order valence-corrected chi connectivity index (χ1v) is 6.39. The fourth-order valence-electron chi connectivity index (χ4n) is 2.20. The molecule has 1 nitrogen and oxygen atoms in total. The van der Waals surface area contributed by atoms with Crippen LogP contribution in [0.25, 0.3) is 0 Å². The number of halogens is 4. The smallest absolute Gasteiger partial charge is 0.142 e. The minimum atomic E-state index is -0.692. The van der Waals surface area contributed by atoms with Gasteiger partial charge in [0.25, 0.3) is 0 Å². The fourth-order valence-corrected chi connectivity index (χ4v) is 2.35. The molecule has 0 aliphatic rings. The van der Waals surface area contributed by atoms with Gasteiger partial charge in [-0.3, -0.25) is 0 Å². The van der Waals surface area contributed by atoms with Crippen molar-refractivity contribution < 1.29 is 13.2 Å². The summed E-state index contributed by atoms with van der Waals surface area (Å²) in [6, 6.07) is 5.61. The Labute approximate surface area is 120 Å².